The van der Waals surface area contributed by atoms with Gasteiger partial charge >= 0.3 is 5.97 Å². The fourth-order valence-electron chi connectivity index (χ4n) is 2.48. The molecule has 1 heterocycles. The summed E-state index contributed by atoms with van der Waals surface area (Å²) in [6.45, 7) is 0. The Hall–Kier alpha value is -2.46. The van der Waals surface area contributed by atoms with Crippen molar-refractivity contribution in [1.82, 2.24) is 0 Å². The third-order valence-electron chi connectivity index (χ3n) is 3.61. The van der Waals surface area contributed by atoms with Crippen molar-refractivity contribution in [3.8, 4) is 0 Å². The molecule has 1 N–H and O–H groups in total. The molecule has 0 bridgehead atoms. The quantitative estimate of drug-likeness (QED) is 0.860. The van der Waals surface area contributed by atoms with E-state index in [9.17, 15) is 9.90 Å². The molecule has 0 aliphatic carbocycles. The zero-order chi connectivity index (χ0) is 14.8. The lowest BCUT2D eigenvalue weighted by Crippen LogP contribution is -2.16. The van der Waals surface area contributed by atoms with Crippen LogP contribution < -0.4 is 0 Å². The molecule has 2 aromatic carbocycles. The molecule has 3 rings (SSSR count). The summed E-state index contributed by atoms with van der Waals surface area (Å²) in [6, 6.07) is 14.8. The van der Waals surface area contributed by atoms with E-state index in [0.717, 1.165) is 22.4 Å². The molecule has 0 aromatic heterocycles. The van der Waals surface area contributed by atoms with Crippen LogP contribution in [0.2, 0.25) is 0 Å². The number of rotatable bonds is 2. The minimum atomic E-state index is -0.828. The third-order valence-corrected chi connectivity index (χ3v) is 3.61. The zero-order valence-corrected chi connectivity index (χ0v) is 11.6. The SMILES string of the molecule is COC(=O)c1ccc(C2=NC(O)c3ccccc3C2)cc1. The Balaban J connectivity index is 1.90. The van der Waals surface area contributed by atoms with E-state index >= 15 is 0 Å². The predicted octanol–water partition coefficient (Wildman–Crippen LogP) is 2.51. The van der Waals surface area contributed by atoms with Crippen molar-refractivity contribution < 1.29 is 14.6 Å². The van der Waals surface area contributed by atoms with Crippen molar-refractivity contribution in [1.29, 1.82) is 0 Å². The van der Waals surface area contributed by atoms with E-state index in [2.05, 4.69) is 9.73 Å². The summed E-state index contributed by atoms with van der Waals surface area (Å²) in [5.74, 6) is -0.363. The van der Waals surface area contributed by atoms with Gasteiger partial charge in [-0.15, -0.1) is 0 Å². The highest BCUT2D eigenvalue weighted by Gasteiger charge is 2.20. The first-order chi connectivity index (χ1) is 10.2. The van der Waals surface area contributed by atoms with E-state index in [1.807, 2.05) is 36.4 Å². The number of benzene rings is 2. The fourth-order valence-corrected chi connectivity index (χ4v) is 2.48. The molecule has 2 aromatic rings. The van der Waals surface area contributed by atoms with Crippen LogP contribution in [0.4, 0.5) is 0 Å². The average Bonchev–Trinajstić information content (AvgIpc) is 2.54. The maximum Gasteiger partial charge on any atom is 0.337 e. The topological polar surface area (TPSA) is 58.9 Å². The first-order valence-electron chi connectivity index (χ1n) is 6.70. The number of nitrogens with zero attached hydrogens (tertiary/aromatic N) is 1. The summed E-state index contributed by atoms with van der Waals surface area (Å²) >= 11 is 0. The molecule has 0 radical (unpaired) electrons. The van der Waals surface area contributed by atoms with Crippen molar-refractivity contribution in [2.24, 2.45) is 4.99 Å². The second-order valence-corrected chi connectivity index (χ2v) is 4.89. The van der Waals surface area contributed by atoms with Gasteiger partial charge in [0.1, 0.15) is 0 Å². The van der Waals surface area contributed by atoms with Crippen LogP contribution >= 0.6 is 0 Å². The van der Waals surface area contributed by atoms with Gasteiger partial charge in [0, 0.05) is 17.7 Å². The van der Waals surface area contributed by atoms with Gasteiger partial charge in [-0.25, -0.2) is 4.79 Å². The molecule has 4 heteroatoms. The smallest absolute Gasteiger partial charge is 0.337 e. The summed E-state index contributed by atoms with van der Waals surface area (Å²) < 4.78 is 4.68. The van der Waals surface area contributed by atoms with E-state index in [-0.39, 0.29) is 5.97 Å². The number of ether oxygens (including phenoxy) is 1. The van der Waals surface area contributed by atoms with Gasteiger partial charge < -0.3 is 9.84 Å². The number of aliphatic imine (C=N–C) groups is 1. The van der Waals surface area contributed by atoms with Crippen LogP contribution in [0, 0.1) is 0 Å². The molecule has 1 unspecified atom stereocenters. The highest BCUT2D eigenvalue weighted by molar-refractivity contribution is 6.03. The van der Waals surface area contributed by atoms with Gasteiger partial charge in [0.2, 0.25) is 0 Å². The van der Waals surface area contributed by atoms with Gasteiger partial charge in [0.15, 0.2) is 6.23 Å². The summed E-state index contributed by atoms with van der Waals surface area (Å²) in [5.41, 5.74) is 4.15. The van der Waals surface area contributed by atoms with E-state index in [1.165, 1.54) is 7.11 Å². The van der Waals surface area contributed by atoms with Crippen molar-refractivity contribution in [3.05, 3.63) is 70.8 Å². The maximum absolute atomic E-state index is 11.4. The second kappa shape index (κ2) is 5.50. The molecule has 106 valence electrons. The maximum atomic E-state index is 11.4. The van der Waals surface area contributed by atoms with Crippen LogP contribution in [0.15, 0.2) is 53.5 Å². The molecule has 1 aliphatic rings. The Labute approximate surface area is 122 Å². The monoisotopic (exact) mass is 281 g/mol. The number of aliphatic hydroxyl groups excluding tert-OH is 1. The number of fused-ring (bicyclic) bond motifs is 1. The summed E-state index contributed by atoms with van der Waals surface area (Å²) in [6.07, 6.45) is -0.157. The Morgan fingerprint density at radius 1 is 1.19 bits per heavy atom. The van der Waals surface area contributed by atoms with Crippen LogP contribution in [0.25, 0.3) is 0 Å². The fraction of sp³-hybridized carbons (Fsp3) is 0.176. The zero-order valence-electron chi connectivity index (χ0n) is 11.6. The molecule has 0 fully saturated rings. The van der Waals surface area contributed by atoms with Crippen molar-refractivity contribution in [3.63, 3.8) is 0 Å². The molecule has 4 nitrogen and oxygen atoms in total. The number of hydrogen-bond donors (Lipinski definition) is 1. The third kappa shape index (κ3) is 2.58. The van der Waals surface area contributed by atoms with Gasteiger partial charge in [0.05, 0.1) is 12.7 Å². The highest BCUT2D eigenvalue weighted by Crippen LogP contribution is 2.26. The normalized spacial score (nSPS) is 16.9. The van der Waals surface area contributed by atoms with E-state index < -0.39 is 6.23 Å². The minimum absolute atomic E-state index is 0.363. The molecular formula is C17H15NO3. The van der Waals surface area contributed by atoms with Crippen LogP contribution in [-0.2, 0) is 11.2 Å². The average molecular weight is 281 g/mol. The van der Waals surface area contributed by atoms with E-state index in [4.69, 9.17) is 0 Å². The van der Waals surface area contributed by atoms with Crippen LogP contribution in [-0.4, -0.2) is 23.9 Å². The molecule has 21 heavy (non-hydrogen) atoms. The molecule has 1 aliphatic heterocycles. The predicted molar refractivity (Wildman–Crippen MR) is 79.4 cm³/mol. The lowest BCUT2D eigenvalue weighted by atomic mass is 9.94. The van der Waals surface area contributed by atoms with Crippen molar-refractivity contribution >= 4 is 11.7 Å². The Bertz CT molecular complexity index is 704. The van der Waals surface area contributed by atoms with E-state index in [1.54, 1.807) is 12.1 Å². The molecule has 0 saturated heterocycles. The Morgan fingerprint density at radius 2 is 1.90 bits per heavy atom. The summed E-state index contributed by atoms with van der Waals surface area (Å²) in [5, 5.41) is 10.1. The van der Waals surface area contributed by atoms with Gasteiger partial charge in [-0.2, -0.15) is 0 Å². The standard InChI is InChI=1S/C17H15NO3/c1-21-17(20)12-8-6-11(7-9-12)15-10-13-4-2-3-5-14(13)16(19)18-15/h2-9,16,19H,10H2,1H3. The molecule has 0 amide bonds. The van der Waals surface area contributed by atoms with Crippen LogP contribution in [0.5, 0.6) is 0 Å². The van der Waals surface area contributed by atoms with Gasteiger partial charge in [-0.1, -0.05) is 36.4 Å². The number of aliphatic hydroxyl groups is 1. The lowest BCUT2D eigenvalue weighted by molar-refractivity contribution is 0.0600. The van der Waals surface area contributed by atoms with Gasteiger partial charge in [-0.05, 0) is 23.3 Å². The molecule has 0 spiro atoms. The van der Waals surface area contributed by atoms with Crippen LogP contribution in [0.3, 0.4) is 0 Å². The largest absolute Gasteiger partial charge is 0.465 e. The number of hydrogen-bond acceptors (Lipinski definition) is 4. The van der Waals surface area contributed by atoms with E-state index in [0.29, 0.717) is 12.0 Å². The minimum Gasteiger partial charge on any atom is -0.465 e. The number of carbonyl (C=O) groups is 1. The first kappa shape index (κ1) is 13.5. The lowest BCUT2D eigenvalue weighted by Gasteiger charge is -2.20. The van der Waals surface area contributed by atoms with Gasteiger partial charge in [0.25, 0.3) is 0 Å². The number of esters is 1. The molecule has 1 atom stereocenters. The number of methoxy groups -OCH3 is 1. The molecular weight excluding hydrogens is 266 g/mol. The highest BCUT2D eigenvalue weighted by atomic mass is 16.5. The molecule has 0 saturated carbocycles. The number of carbonyl (C=O) groups excluding carboxylic acids is 1. The Kier molecular flexibility index (Phi) is 3.54. The van der Waals surface area contributed by atoms with Crippen molar-refractivity contribution in [2.45, 2.75) is 12.6 Å². The van der Waals surface area contributed by atoms with Gasteiger partial charge in [-0.3, -0.25) is 4.99 Å². The second-order valence-electron chi connectivity index (χ2n) is 4.89. The summed E-state index contributed by atoms with van der Waals surface area (Å²) in [7, 11) is 1.36. The van der Waals surface area contributed by atoms with Crippen molar-refractivity contribution in [2.75, 3.05) is 7.11 Å². The van der Waals surface area contributed by atoms with Crippen LogP contribution in [0.1, 0.15) is 33.3 Å². The summed E-state index contributed by atoms with van der Waals surface area (Å²) in [4.78, 5) is 15.8. The Morgan fingerprint density at radius 3 is 2.62 bits per heavy atom. The first-order valence-corrected chi connectivity index (χ1v) is 6.70.